The van der Waals surface area contributed by atoms with Crippen molar-refractivity contribution in [2.75, 3.05) is 27.3 Å². The minimum absolute atomic E-state index is 0. The van der Waals surface area contributed by atoms with Crippen LogP contribution in [0.25, 0.3) is 0 Å². The highest BCUT2D eigenvalue weighted by atomic mass is 127. The molecule has 0 fully saturated rings. The molecule has 0 amide bonds. The van der Waals surface area contributed by atoms with E-state index in [1.807, 2.05) is 23.6 Å². The number of halogens is 2. The van der Waals surface area contributed by atoms with E-state index in [4.69, 9.17) is 9.47 Å². The fourth-order valence-electron chi connectivity index (χ4n) is 2.61. The van der Waals surface area contributed by atoms with E-state index in [2.05, 4.69) is 48.7 Å². The average Bonchev–Trinajstić information content (AvgIpc) is 3.13. The maximum absolute atomic E-state index is 5.39. The molecule has 0 saturated carbocycles. The normalized spacial score (nSPS) is 11.0. The summed E-state index contributed by atoms with van der Waals surface area (Å²) in [6, 6.07) is 3.92. The monoisotopic (exact) mass is 566 g/mol. The molecule has 10 heteroatoms. The van der Waals surface area contributed by atoms with Crippen molar-refractivity contribution in [3.63, 3.8) is 0 Å². The van der Waals surface area contributed by atoms with Gasteiger partial charge in [-0.1, -0.05) is 6.92 Å². The molecule has 28 heavy (non-hydrogen) atoms. The molecule has 2 aromatic rings. The molecule has 0 unspecified atom stereocenters. The molecule has 156 valence electrons. The Bertz CT molecular complexity index is 769. The molecule has 1 heterocycles. The van der Waals surface area contributed by atoms with Gasteiger partial charge in [0.2, 0.25) is 0 Å². The minimum Gasteiger partial charge on any atom is -0.493 e. The van der Waals surface area contributed by atoms with Gasteiger partial charge in [0.15, 0.2) is 17.5 Å². The van der Waals surface area contributed by atoms with Crippen molar-refractivity contribution in [2.24, 2.45) is 4.99 Å². The lowest BCUT2D eigenvalue weighted by Crippen LogP contribution is -2.38. The molecule has 0 aliphatic heterocycles. The Morgan fingerprint density at radius 1 is 1.21 bits per heavy atom. The van der Waals surface area contributed by atoms with Gasteiger partial charge in [-0.25, -0.2) is 4.99 Å². The van der Waals surface area contributed by atoms with Crippen LogP contribution in [-0.2, 0) is 19.5 Å². The summed E-state index contributed by atoms with van der Waals surface area (Å²) in [6.45, 7) is 6.92. The Hall–Kier alpha value is -1.56. The van der Waals surface area contributed by atoms with E-state index in [1.54, 1.807) is 20.5 Å². The molecule has 1 aromatic carbocycles. The SMILES string of the molecule is CCNC(=NCc1cc(Br)c(OC)c(OC)c1)NCCn1cnnc1CC.I. The number of aliphatic imine (C=N–C) groups is 1. The first-order chi connectivity index (χ1) is 13.1. The van der Waals surface area contributed by atoms with Gasteiger partial charge in [0.1, 0.15) is 12.2 Å². The number of ether oxygens (including phenoxy) is 2. The van der Waals surface area contributed by atoms with E-state index >= 15 is 0 Å². The lowest BCUT2D eigenvalue weighted by Gasteiger charge is -2.13. The predicted molar refractivity (Wildman–Crippen MR) is 125 cm³/mol. The zero-order valence-corrected chi connectivity index (χ0v) is 20.6. The quantitative estimate of drug-likeness (QED) is 0.276. The summed E-state index contributed by atoms with van der Waals surface area (Å²) in [5.41, 5.74) is 1.02. The largest absolute Gasteiger partial charge is 0.493 e. The van der Waals surface area contributed by atoms with Crippen LogP contribution in [-0.4, -0.2) is 48.0 Å². The van der Waals surface area contributed by atoms with Gasteiger partial charge in [0.25, 0.3) is 0 Å². The highest BCUT2D eigenvalue weighted by molar-refractivity contribution is 14.0. The predicted octanol–water partition coefficient (Wildman–Crippen LogP) is 2.99. The van der Waals surface area contributed by atoms with Gasteiger partial charge in [0.05, 0.1) is 25.2 Å². The van der Waals surface area contributed by atoms with Crippen LogP contribution >= 0.6 is 39.9 Å². The molecule has 0 spiro atoms. The van der Waals surface area contributed by atoms with Gasteiger partial charge < -0.3 is 24.7 Å². The van der Waals surface area contributed by atoms with Gasteiger partial charge in [-0.05, 0) is 40.5 Å². The number of nitrogens with zero attached hydrogens (tertiary/aromatic N) is 4. The summed E-state index contributed by atoms with van der Waals surface area (Å²) in [6.07, 6.45) is 2.62. The Morgan fingerprint density at radius 2 is 2.00 bits per heavy atom. The fourth-order valence-corrected chi connectivity index (χ4v) is 3.26. The first-order valence-corrected chi connectivity index (χ1v) is 9.71. The Morgan fingerprint density at radius 3 is 2.64 bits per heavy atom. The number of nitrogens with one attached hydrogen (secondary N) is 2. The van der Waals surface area contributed by atoms with E-state index in [0.29, 0.717) is 18.0 Å². The van der Waals surface area contributed by atoms with Crippen LogP contribution in [0.2, 0.25) is 0 Å². The van der Waals surface area contributed by atoms with Crippen LogP contribution in [0.5, 0.6) is 11.5 Å². The molecule has 0 bridgehead atoms. The Balaban J connectivity index is 0.00000392. The van der Waals surface area contributed by atoms with Crippen molar-refractivity contribution in [3.05, 3.63) is 34.3 Å². The molecule has 1 aromatic heterocycles. The maximum Gasteiger partial charge on any atom is 0.191 e. The van der Waals surface area contributed by atoms with Crippen molar-refractivity contribution in [2.45, 2.75) is 33.4 Å². The van der Waals surface area contributed by atoms with Gasteiger partial charge in [-0.2, -0.15) is 0 Å². The van der Waals surface area contributed by atoms with Crippen molar-refractivity contribution in [1.82, 2.24) is 25.4 Å². The smallest absolute Gasteiger partial charge is 0.191 e. The summed E-state index contributed by atoms with van der Waals surface area (Å²) in [5, 5.41) is 14.6. The molecule has 0 radical (unpaired) electrons. The summed E-state index contributed by atoms with van der Waals surface area (Å²) in [4.78, 5) is 4.65. The summed E-state index contributed by atoms with van der Waals surface area (Å²) >= 11 is 3.51. The van der Waals surface area contributed by atoms with E-state index in [1.165, 1.54) is 0 Å². The second kappa shape index (κ2) is 12.8. The van der Waals surface area contributed by atoms with Crippen molar-refractivity contribution in [1.29, 1.82) is 0 Å². The lowest BCUT2D eigenvalue weighted by atomic mass is 10.2. The third-order valence-corrected chi connectivity index (χ3v) is 4.50. The molecule has 0 aliphatic carbocycles. The minimum atomic E-state index is 0. The van der Waals surface area contributed by atoms with E-state index in [0.717, 1.165) is 47.9 Å². The Labute approximate surface area is 191 Å². The van der Waals surface area contributed by atoms with Gasteiger partial charge >= 0.3 is 0 Å². The topological polar surface area (TPSA) is 85.6 Å². The molecule has 0 aliphatic rings. The second-order valence-corrected chi connectivity index (χ2v) is 6.58. The summed E-state index contributed by atoms with van der Waals surface area (Å²) in [7, 11) is 3.24. The number of rotatable bonds is 9. The maximum atomic E-state index is 5.39. The molecular formula is C18H28BrIN6O2. The van der Waals surface area contributed by atoms with Crippen molar-refractivity contribution < 1.29 is 9.47 Å². The first kappa shape index (κ1) is 24.5. The van der Waals surface area contributed by atoms with Crippen molar-refractivity contribution >= 4 is 45.9 Å². The summed E-state index contributed by atoms with van der Waals surface area (Å²) < 4.78 is 13.6. The number of benzene rings is 1. The molecule has 2 N–H and O–H groups in total. The van der Waals surface area contributed by atoms with Gasteiger partial charge in [-0.15, -0.1) is 34.2 Å². The molecular weight excluding hydrogens is 539 g/mol. The van der Waals surface area contributed by atoms with Crippen LogP contribution in [0.1, 0.15) is 25.2 Å². The standard InChI is InChI=1S/C18H27BrN6O2.HI/c1-5-16-24-23-12-25(16)8-7-21-18(20-6-2)22-11-13-9-14(19)17(27-4)15(10-13)26-3;/h9-10,12H,5-8,11H2,1-4H3,(H2,20,21,22);1H. The van der Waals surface area contributed by atoms with E-state index in [9.17, 15) is 0 Å². The zero-order valence-electron chi connectivity index (χ0n) is 16.7. The van der Waals surface area contributed by atoms with Gasteiger partial charge in [-0.3, -0.25) is 0 Å². The van der Waals surface area contributed by atoms with Crippen molar-refractivity contribution in [3.8, 4) is 11.5 Å². The zero-order chi connectivity index (χ0) is 19.6. The lowest BCUT2D eigenvalue weighted by molar-refractivity contribution is 0.352. The number of hydrogen-bond acceptors (Lipinski definition) is 5. The third kappa shape index (κ3) is 6.80. The third-order valence-electron chi connectivity index (χ3n) is 3.91. The average molecular weight is 567 g/mol. The molecule has 8 nitrogen and oxygen atoms in total. The molecule has 0 atom stereocenters. The highest BCUT2D eigenvalue weighted by Crippen LogP contribution is 2.36. The van der Waals surface area contributed by atoms with Crippen LogP contribution in [0, 0.1) is 0 Å². The van der Waals surface area contributed by atoms with Gasteiger partial charge in [0, 0.05) is 26.1 Å². The van der Waals surface area contributed by atoms with E-state index in [-0.39, 0.29) is 24.0 Å². The summed E-state index contributed by atoms with van der Waals surface area (Å²) in [5.74, 6) is 3.09. The number of guanidine groups is 1. The van der Waals surface area contributed by atoms with Crippen LogP contribution in [0.3, 0.4) is 0 Å². The fraction of sp³-hybridized carbons (Fsp3) is 0.500. The first-order valence-electron chi connectivity index (χ1n) is 8.92. The van der Waals surface area contributed by atoms with E-state index < -0.39 is 0 Å². The number of methoxy groups -OCH3 is 2. The van der Waals surface area contributed by atoms with Crippen LogP contribution in [0.4, 0.5) is 0 Å². The Kier molecular flexibility index (Phi) is 11.2. The van der Waals surface area contributed by atoms with Crippen LogP contribution < -0.4 is 20.1 Å². The number of aryl methyl sites for hydroxylation is 1. The van der Waals surface area contributed by atoms with Crippen LogP contribution in [0.15, 0.2) is 27.9 Å². The second-order valence-electron chi connectivity index (χ2n) is 5.73. The molecule has 0 saturated heterocycles. The highest BCUT2D eigenvalue weighted by Gasteiger charge is 2.10. The number of aromatic nitrogens is 3. The molecule has 2 rings (SSSR count). The number of hydrogen-bond donors (Lipinski definition) is 2.